The highest BCUT2D eigenvalue weighted by Crippen LogP contribution is 2.15. The van der Waals surface area contributed by atoms with Crippen molar-refractivity contribution in [3.63, 3.8) is 0 Å². The molecule has 1 aromatic heterocycles. The topological polar surface area (TPSA) is 79.3 Å². The second-order valence-electron chi connectivity index (χ2n) is 6.78. The Balaban J connectivity index is 1.38. The highest BCUT2D eigenvalue weighted by molar-refractivity contribution is 7.12. The number of ether oxygens (including phenoxy) is 2. The zero-order chi connectivity index (χ0) is 20.6. The first-order valence-corrected chi connectivity index (χ1v) is 10.6. The maximum atomic E-state index is 12.4. The van der Waals surface area contributed by atoms with Crippen LogP contribution in [0.2, 0.25) is 0 Å². The number of hydrogen-bond acceptors (Lipinski definition) is 7. The van der Waals surface area contributed by atoms with Gasteiger partial charge in [-0.2, -0.15) is 0 Å². The summed E-state index contributed by atoms with van der Waals surface area (Å²) in [4.78, 5) is 28.8. The molecule has 2 aromatic rings. The number of rotatable bonds is 8. The molecule has 29 heavy (non-hydrogen) atoms. The predicted molar refractivity (Wildman–Crippen MR) is 111 cm³/mol. The van der Waals surface area contributed by atoms with Crippen LogP contribution in [0.3, 0.4) is 0 Å². The Morgan fingerprint density at radius 3 is 2.48 bits per heavy atom. The summed E-state index contributed by atoms with van der Waals surface area (Å²) in [5.74, 6) is 0.300. The molecule has 0 spiro atoms. The van der Waals surface area contributed by atoms with Crippen LogP contribution >= 0.6 is 11.3 Å². The Morgan fingerprint density at radius 1 is 1.14 bits per heavy atom. The van der Waals surface area contributed by atoms with Crippen LogP contribution in [0.5, 0.6) is 5.75 Å². The number of aliphatic hydroxyl groups is 1. The summed E-state index contributed by atoms with van der Waals surface area (Å²) in [6.07, 6.45) is -0.640. The summed E-state index contributed by atoms with van der Waals surface area (Å²) < 4.78 is 10.6. The average Bonchev–Trinajstić information content (AvgIpc) is 3.28. The second kappa shape index (κ2) is 10.4. The molecule has 1 aliphatic rings. The van der Waals surface area contributed by atoms with Gasteiger partial charge < -0.3 is 19.5 Å². The number of carbonyl (C=O) groups is 2. The molecule has 0 aliphatic carbocycles. The number of aliphatic hydroxyl groups excluding tert-OH is 1. The summed E-state index contributed by atoms with van der Waals surface area (Å²) in [5.41, 5.74) is 0.467. The zero-order valence-electron chi connectivity index (χ0n) is 16.5. The van der Waals surface area contributed by atoms with Crippen molar-refractivity contribution >= 4 is 23.2 Å². The number of amides is 1. The fourth-order valence-electron chi connectivity index (χ4n) is 3.13. The summed E-state index contributed by atoms with van der Waals surface area (Å²) in [6.45, 7) is 5.50. The lowest BCUT2D eigenvalue weighted by Gasteiger charge is -2.35. The molecule has 8 heteroatoms. The van der Waals surface area contributed by atoms with E-state index in [0.29, 0.717) is 37.6 Å². The third kappa shape index (κ3) is 6.03. The van der Waals surface area contributed by atoms with Crippen molar-refractivity contribution in [3.05, 3.63) is 52.2 Å². The number of thiophene rings is 1. The van der Waals surface area contributed by atoms with Gasteiger partial charge in [-0.3, -0.25) is 9.69 Å². The number of nitrogens with zero attached hydrogens (tertiary/aromatic N) is 2. The first kappa shape index (κ1) is 21.3. The van der Waals surface area contributed by atoms with Crippen molar-refractivity contribution in [1.82, 2.24) is 9.80 Å². The first-order valence-electron chi connectivity index (χ1n) is 9.70. The number of hydrogen-bond donors (Lipinski definition) is 1. The van der Waals surface area contributed by atoms with Gasteiger partial charge in [0.25, 0.3) is 5.91 Å². The van der Waals surface area contributed by atoms with Crippen molar-refractivity contribution in [3.8, 4) is 5.75 Å². The number of esters is 1. The van der Waals surface area contributed by atoms with Gasteiger partial charge in [-0.1, -0.05) is 6.07 Å². The third-order valence-electron chi connectivity index (χ3n) is 4.67. The van der Waals surface area contributed by atoms with Gasteiger partial charge >= 0.3 is 5.97 Å². The largest absolute Gasteiger partial charge is 0.491 e. The Hall–Kier alpha value is -2.42. The maximum absolute atomic E-state index is 12.4. The quantitative estimate of drug-likeness (QED) is 0.662. The Morgan fingerprint density at radius 2 is 1.86 bits per heavy atom. The molecule has 0 radical (unpaired) electrons. The standard InChI is InChI=1S/C21H26N2O5S/c1-2-27-21(26)16-5-7-18(8-6-16)28-15-17(24)14-22-9-11-23(12-10-22)20(25)19-4-3-13-29-19/h3-8,13,17,24H,2,9-12,14-15H2,1H3. The highest BCUT2D eigenvalue weighted by Gasteiger charge is 2.24. The molecule has 1 amide bonds. The number of piperazine rings is 1. The summed E-state index contributed by atoms with van der Waals surface area (Å²) in [7, 11) is 0. The van der Waals surface area contributed by atoms with E-state index in [0.717, 1.165) is 18.0 Å². The van der Waals surface area contributed by atoms with E-state index in [1.807, 2.05) is 22.4 Å². The predicted octanol–water partition coefficient (Wildman–Crippen LogP) is 2.12. The molecule has 1 aliphatic heterocycles. The van der Waals surface area contributed by atoms with E-state index in [2.05, 4.69) is 4.90 Å². The lowest BCUT2D eigenvalue weighted by atomic mass is 10.2. The van der Waals surface area contributed by atoms with Crippen LogP contribution in [-0.2, 0) is 4.74 Å². The first-order chi connectivity index (χ1) is 14.1. The fraction of sp³-hybridized carbons (Fsp3) is 0.429. The van der Waals surface area contributed by atoms with Crippen molar-refractivity contribution in [2.24, 2.45) is 0 Å². The summed E-state index contributed by atoms with van der Waals surface area (Å²) in [5, 5.41) is 12.2. The number of β-amino-alcohol motifs (C(OH)–C–C–N with tert-alkyl or cyclic N) is 1. The van der Waals surface area contributed by atoms with Crippen molar-refractivity contribution in [2.75, 3.05) is 45.9 Å². The van der Waals surface area contributed by atoms with E-state index in [1.165, 1.54) is 11.3 Å². The molecule has 1 aromatic carbocycles. The average molecular weight is 419 g/mol. The van der Waals surface area contributed by atoms with Crippen LogP contribution < -0.4 is 4.74 Å². The van der Waals surface area contributed by atoms with Gasteiger partial charge in [-0.15, -0.1) is 11.3 Å². The number of benzene rings is 1. The van der Waals surface area contributed by atoms with Crippen molar-refractivity contribution in [1.29, 1.82) is 0 Å². The molecular formula is C21H26N2O5S. The molecule has 3 rings (SSSR count). The molecule has 156 valence electrons. The Bertz CT molecular complexity index is 786. The molecule has 1 fully saturated rings. The highest BCUT2D eigenvalue weighted by atomic mass is 32.1. The SMILES string of the molecule is CCOC(=O)c1ccc(OCC(O)CN2CCN(C(=O)c3cccs3)CC2)cc1. The van der Waals surface area contributed by atoms with Crippen LogP contribution in [0.4, 0.5) is 0 Å². The molecule has 0 saturated carbocycles. The minimum Gasteiger partial charge on any atom is -0.491 e. The van der Waals surface area contributed by atoms with Crippen molar-refractivity contribution < 1.29 is 24.2 Å². The Kier molecular flexibility index (Phi) is 7.62. The molecule has 1 N–H and O–H groups in total. The fourth-order valence-corrected chi connectivity index (χ4v) is 3.83. The van der Waals surface area contributed by atoms with E-state index in [1.54, 1.807) is 31.2 Å². The van der Waals surface area contributed by atoms with Crippen LogP contribution in [0.1, 0.15) is 27.0 Å². The minimum atomic E-state index is -0.640. The summed E-state index contributed by atoms with van der Waals surface area (Å²) >= 11 is 1.46. The van der Waals surface area contributed by atoms with E-state index < -0.39 is 6.10 Å². The molecule has 2 heterocycles. The number of carbonyl (C=O) groups excluding carboxylic acids is 2. The lowest BCUT2D eigenvalue weighted by molar-refractivity contribution is 0.0404. The monoisotopic (exact) mass is 418 g/mol. The zero-order valence-corrected chi connectivity index (χ0v) is 17.3. The minimum absolute atomic E-state index is 0.0785. The summed E-state index contributed by atoms with van der Waals surface area (Å²) in [6, 6.07) is 10.4. The Labute approximate surface area is 174 Å². The van der Waals surface area contributed by atoms with Gasteiger partial charge in [0.1, 0.15) is 18.5 Å². The van der Waals surface area contributed by atoms with Crippen LogP contribution in [-0.4, -0.2) is 78.8 Å². The van der Waals surface area contributed by atoms with Crippen LogP contribution in [0, 0.1) is 0 Å². The van der Waals surface area contributed by atoms with Gasteiger partial charge in [-0.05, 0) is 42.6 Å². The van der Waals surface area contributed by atoms with Gasteiger partial charge in [0, 0.05) is 32.7 Å². The van der Waals surface area contributed by atoms with E-state index in [4.69, 9.17) is 9.47 Å². The van der Waals surface area contributed by atoms with E-state index in [-0.39, 0.29) is 18.5 Å². The molecular weight excluding hydrogens is 392 g/mol. The van der Waals surface area contributed by atoms with Gasteiger partial charge in [-0.25, -0.2) is 4.79 Å². The lowest BCUT2D eigenvalue weighted by Crippen LogP contribution is -2.50. The third-order valence-corrected chi connectivity index (χ3v) is 5.53. The second-order valence-corrected chi connectivity index (χ2v) is 7.73. The van der Waals surface area contributed by atoms with E-state index in [9.17, 15) is 14.7 Å². The molecule has 0 bridgehead atoms. The van der Waals surface area contributed by atoms with Crippen molar-refractivity contribution in [2.45, 2.75) is 13.0 Å². The van der Waals surface area contributed by atoms with Crippen LogP contribution in [0.15, 0.2) is 41.8 Å². The molecule has 7 nitrogen and oxygen atoms in total. The van der Waals surface area contributed by atoms with Gasteiger partial charge in [0.15, 0.2) is 0 Å². The smallest absolute Gasteiger partial charge is 0.338 e. The van der Waals surface area contributed by atoms with E-state index >= 15 is 0 Å². The van der Waals surface area contributed by atoms with Crippen LogP contribution in [0.25, 0.3) is 0 Å². The molecule has 1 unspecified atom stereocenters. The van der Waals surface area contributed by atoms with Gasteiger partial charge in [0.05, 0.1) is 17.0 Å². The van der Waals surface area contributed by atoms with Gasteiger partial charge in [0.2, 0.25) is 0 Å². The normalized spacial score (nSPS) is 15.7. The molecule has 1 saturated heterocycles. The molecule has 1 atom stereocenters. The maximum Gasteiger partial charge on any atom is 0.338 e.